The van der Waals surface area contributed by atoms with Gasteiger partial charge >= 0.3 is 0 Å². The highest BCUT2D eigenvalue weighted by atomic mass is 16.3. The number of fused-ring (bicyclic) bond motifs is 1. The minimum atomic E-state index is 0.510. The highest BCUT2D eigenvalue weighted by Gasteiger charge is 2.06. The first-order valence-corrected chi connectivity index (χ1v) is 5.49. The van der Waals surface area contributed by atoms with Crippen molar-refractivity contribution in [3.05, 3.63) is 36.1 Å². The third kappa shape index (κ3) is 2.21. The maximum atomic E-state index is 5.38. The van der Waals surface area contributed by atoms with Crippen molar-refractivity contribution in [1.29, 1.82) is 0 Å². The van der Waals surface area contributed by atoms with Crippen LogP contribution in [0.5, 0.6) is 0 Å². The molecule has 0 saturated heterocycles. The van der Waals surface area contributed by atoms with E-state index in [4.69, 9.17) is 4.42 Å². The van der Waals surface area contributed by atoms with Gasteiger partial charge in [0.05, 0.1) is 6.26 Å². The first kappa shape index (κ1) is 10.2. The van der Waals surface area contributed by atoms with E-state index in [2.05, 4.69) is 31.3 Å². The molecule has 1 aromatic carbocycles. The van der Waals surface area contributed by atoms with Crippen LogP contribution in [0.1, 0.15) is 19.4 Å². The maximum Gasteiger partial charge on any atom is 0.134 e. The molecule has 1 heterocycles. The predicted octanol–water partition coefficient (Wildman–Crippen LogP) is 2.97. The fourth-order valence-corrected chi connectivity index (χ4v) is 1.99. The third-order valence-electron chi connectivity index (χ3n) is 2.66. The Labute approximate surface area is 90.3 Å². The molecule has 0 aliphatic carbocycles. The highest BCUT2D eigenvalue weighted by molar-refractivity contribution is 5.80. The van der Waals surface area contributed by atoms with Gasteiger partial charge in [-0.05, 0) is 37.6 Å². The topological polar surface area (TPSA) is 25.2 Å². The Morgan fingerprint density at radius 3 is 3.00 bits per heavy atom. The molecule has 2 rings (SSSR count). The zero-order chi connectivity index (χ0) is 10.7. The molecule has 0 fully saturated rings. The van der Waals surface area contributed by atoms with E-state index in [1.807, 2.05) is 12.1 Å². The average Bonchev–Trinajstić information content (AvgIpc) is 2.67. The van der Waals surface area contributed by atoms with E-state index in [9.17, 15) is 0 Å². The second kappa shape index (κ2) is 4.49. The van der Waals surface area contributed by atoms with E-state index in [0.29, 0.717) is 6.04 Å². The maximum absolute atomic E-state index is 5.38. The zero-order valence-electron chi connectivity index (χ0n) is 9.29. The van der Waals surface area contributed by atoms with Gasteiger partial charge in [0.15, 0.2) is 0 Å². The predicted molar refractivity (Wildman–Crippen MR) is 63.1 cm³/mol. The van der Waals surface area contributed by atoms with Crippen molar-refractivity contribution in [3.63, 3.8) is 0 Å². The Morgan fingerprint density at radius 2 is 2.20 bits per heavy atom. The normalized spacial score (nSPS) is 13.2. The van der Waals surface area contributed by atoms with Crippen LogP contribution in [0.15, 0.2) is 34.9 Å². The van der Waals surface area contributed by atoms with Gasteiger partial charge in [0.1, 0.15) is 5.58 Å². The van der Waals surface area contributed by atoms with Crippen LogP contribution in [-0.2, 0) is 6.42 Å². The minimum Gasteiger partial charge on any atom is -0.464 e. The molecule has 15 heavy (non-hydrogen) atoms. The fraction of sp³-hybridized carbons (Fsp3) is 0.385. The number of rotatable bonds is 4. The molecule has 0 aliphatic heterocycles. The molecular weight excluding hydrogens is 186 g/mol. The summed E-state index contributed by atoms with van der Waals surface area (Å²) in [5, 5.41) is 4.66. The van der Waals surface area contributed by atoms with Crippen LogP contribution in [-0.4, -0.2) is 12.6 Å². The van der Waals surface area contributed by atoms with Crippen LogP contribution in [0, 0.1) is 0 Å². The summed E-state index contributed by atoms with van der Waals surface area (Å²) in [6.45, 7) is 5.36. The van der Waals surface area contributed by atoms with E-state index in [-0.39, 0.29) is 0 Å². The smallest absolute Gasteiger partial charge is 0.134 e. The summed E-state index contributed by atoms with van der Waals surface area (Å²) in [5.41, 5.74) is 2.34. The second-order valence-electron chi connectivity index (χ2n) is 3.91. The summed E-state index contributed by atoms with van der Waals surface area (Å²) in [7, 11) is 0. The highest BCUT2D eigenvalue weighted by Crippen LogP contribution is 2.20. The Bertz CT molecular complexity index is 433. The lowest BCUT2D eigenvalue weighted by atomic mass is 10.0. The van der Waals surface area contributed by atoms with Gasteiger partial charge in [-0.2, -0.15) is 0 Å². The van der Waals surface area contributed by atoms with Gasteiger partial charge in [0.2, 0.25) is 0 Å². The molecule has 80 valence electrons. The molecule has 2 aromatic rings. The number of hydrogen-bond donors (Lipinski definition) is 1. The standard InChI is InChI=1S/C13H17NO/c1-3-14-10(2)9-11-5-4-6-13-12(11)7-8-15-13/h4-8,10,14H,3,9H2,1-2H3/t10-/m0/s1. The van der Waals surface area contributed by atoms with Gasteiger partial charge in [0, 0.05) is 11.4 Å². The molecule has 0 amide bonds. The molecule has 0 unspecified atom stereocenters. The number of nitrogens with one attached hydrogen (secondary N) is 1. The fourth-order valence-electron chi connectivity index (χ4n) is 1.99. The number of benzene rings is 1. The van der Waals surface area contributed by atoms with Crippen molar-refractivity contribution >= 4 is 11.0 Å². The lowest BCUT2D eigenvalue weighted by Gasteiger charge is -2.12. The summed E-state index contributed by atoms with van der Waals surface area (Å²) >= 11 is 0. The lowest BCUT2D eigenvalue weighted by Crippen LogP contribution is -2.27. The molecule has 0 radical (unpaired) electrons. The first-order chi connectivity index (χ1) is 7.31. The van der Waals surface area contributed by atoms with Crippen molar-refractivity contribution < 1.29 is 4.42 Å². The van der Waals surface area contributed by atoms with Crippen molar-refractivity contribution in [1.82, 2.24) is 5.32 Å². The van der Waals surface area contributed by atoms with Crippen LogP contribution < -0.4 is 5.32 Å². The third-order valence-corrected chi connectivity index (χ3v) is 2.66. The van der Waals surface area contributed by atoms with E-state index < -0.39 is 0 Å². The lowest BCUT2D eigenvalue weighted by molar-refractivity contribution is 0.566. The summed E-state index contributed by atoms with van der Waals surface area (Å²) in [6.07, 6.45) is 2.80. The van der Waals surface area contributed by atoms with Crippen molar-refractivity contribution in [3.8, 4) is 0 Å². The molecule has 0 saturated carbocycles. The van der Waals surface area contributed by atoms with Crippen LogP contribution in [0.3, 0.4) is 0 Å². The van der Waals surface area contributed by atoms with E-state index in [1.54, 1.807) is 6.26 Å². The second-order valence-corrected chi connectivity index (χ2v) is 3.91. The molecule has 2 nitrogen and oxygen atoms in total. The number of furan rings is 1. The summed E-state index contributed by atoms with van der Waals surface area (Å²) in [4.78, 5) is 0. The van der Waals surface area contributed by atoms with E-state index in [0.717, 1.165) is 18.5 Å². The molecule has 1 N–H and O–H groups in total. The Balaban J connectivity index is 2.23. The summed E-state index contributed by atoms with van der Waals surface area (Å²) in [6, 6.07) is 8.79. The molecule has 2 heteroatoms. The van der Waals surface area contributed by atoms with Crippen LogP contribution in [0.4, 0.5) is 0 Å². The first-order valence-electron chi connectivity index (χ1n) is 5.49. The van der Waals surface area contributed by atoms with E-state index >= 15 is 0 Å². The van der Waals surface area contributed by atoms with Crippen LogP contribution >= 0.6 is 0 Å². The zero-order valence-corrected chi connectivity index (χ0v) is 9.29. The van der Waals surface area contributed by atoms with Crippen molar-refractivity contribution in [2.75, 3.05) is 6.54 Å². The monoisotopic (exact) mass is 203 g/mol. The quantitative estimate of drug-likeness (QED) is 0.826. The van der Waals surface area contributed by atoms with Crippen molar-refractivity contribution in [2.45, 2.75) is 26.3 Å². The Hall–Kier alpha value is -1.28. The number of hydrogen-bond acceptors (Lipinski definition) is 2. The Morgan fingerprint density at radius 1 is 1.33 bits per heavy atom. The number of likely N-dealkylation sites (N-methyl/N-ethyl adjacent to an activating group) is 1. The summed E-state index contributed by atoms with van der Waals surface area (Å²) in [5.74, 6) is 0. The van der Waals surface area contributed by atoms with Gasteiger partial charge in [-0.1, -0.05) is 19.1 Å². The molecule has 1 atom stereocenters. The van der Waals surface area contributed by atoms with Gasteiger partial charge in [-0.3, -0.25) is 0 Å². The van der Waals surface area contributed by atoms with E-state index in [1.165, 1.54) is 10.9 Å². The summed E-state index contributed by atoms with van der Waals surface area (Å²) < 4.78 is 5.38. The van der Waals surface area contributed by atoms with Crippen molar-refractivity contribution in [2.24, 2.45) is 0 Å². The molecule has 1 aromatic heterocycles. The average molecular weight is 203 g/mol. The van der Waals surface area contributed by atoms with Crippen LogP contribution in [0.25, 0.3) is 11.0 Å². The molecule has 0 aliphatic rings. The Kier molecular flexibility index (Phi) is 3.07. The van der Waals surface area contributed by atoms with Crippen LogP contribution in [0.2, 0.25) is 0 Å². The minimum absolute atomic E-state index is 0.510. The van der Waals surface area contributed by atoms with Gasteiger partial charge < -0.3 is 9.73 Å². The molecule has 0 spiro atoms. The van der Waals surface area contributed by atoms with Gasteiger partial charge in [-0.15, -0.1) is 0 Å². The SMILES string of the molecule is CCN[C@@H](C)Cc1cccc2occc12. The molecule has 0 bridgehead atoms. The van der Waals surface area contributed by atoms with Gasteiger partial charge in [0.25, 0.3) is 0 Å². The molecular formula is C13H17NO. The largest absolute Gasteiger partial charge is 0.464 e. The van der Waals surface area contributed by atoms with Gasteiger partial charge in [-0.25, -0.2) is 0 Å².